The third-order valence-electron chi connectivity index (χ3n) is 2.72. The number of hydrogen-bond acceptors (Lipinski definition) is 4. The van der Waals surface area contributed by atoms with Gasteiger partial charge in [-0.05, 0) is 25.1 Å². The lowest BCUT2D eigenvalue weighted by atomic mass is 10.2. The zero-order valence-electron chi connectivity index (χ0n) is 10.1. The summed E-state index contributed by atoms with van der Waals surface area (Å²) in [7, 11) is 1.90. The molecule has 0 aliphatic rings. The molecule has 0 atom stereocenters. The summed E-state index contributed by atoms with van der Waals surface area (Å²) in [5.74, 6) is 1.66. The molecule has 0 fully saturated rings. The molecular formula is C12H12ClN5. The molecule has 0 saturated carbocycles. The minimum Gasteiger partial charge on any atom is -0.376 e. The van der Waals surface area contributed by atoms with E-state index < -0.39 is 0 Å². The molecule has 0 saturated heterocycles. The zero-order chi connectivity index (χ0) is 13.1. The van der Waals surface area contributed by atoms with E-state index >= 15 is 0 Å². The van der Waals surface area contributed by atoms with Gasteiger partial charge in [-0.25, -0.2) is 0 Å². The van der Waals surface area contributed by atoms with Crippen LogP contribution in [0, 0.1) is 18.3 Å². The molecule has 0 radical (unpaired) electrons. The lowest BCUT2D eigenvalue weighted by Gasteiger charge is -2.08. The summed E-state index contributed by atoms with van der Waals surface area (Å²) in [6.07, 6.45) is 0. The molecule has 1 heterocycles. The third kappa shape index (κ3) is 2.44. The van der Waals surface area contributed by atoms with Gasteiger partial charge in [-0.1, -0.05) is 11.6 Å². The molecule has 0 amide bonds. The lowest BCUT2D eigenvalue weighted by molar-refractivity contribution is 0.789. The summed E-state index contributed by atoms with van der Waals surface area (Å²) < 4.78 is 1.90. The SMILES string of the molecule is Cc1nnc(CNc2cc(C#N)ccc2Cl)n1C. The van der Waals surface area contributed by atoms with Gasteiger partial charge in [-0.2, -0.15) is 5.26 Å². The van der Waals surface area contributed by atoms with Crippen LogP contribution in [0.5, 0.6) is 0 Å². The van der Waals surface area contributed by atoms with Gasteiger partial charge in [0.05, 0.1) is 28.9 Å². The highest BCUT2D eigenvalue weighted by Gasteiger charge is 2.06. The van der Waals surface area contributed by atoms with Gasteiger partial charge in [0.2, 0.25) is 0 Å². The van der Waals surface area contributed by atoms with Crippen LogP contribution in [-0.2, 0) is 13.6 Å². The van der Waals surface area contributed by atoms with Gasteiger partial charge < -0.3 is 9.88 Å². The Bertz CT molecular complexity index is 611. The van der Waals surface area contributed by atoms with E-state index in [0.29, 0.717) is 17.1 Å². The molecule has 5 nitrogen and oxygen atoms in total. The molecule has 18 heavy (non-hydrogen) atoms. The Morgan fingerprint density at radius 1 is 1.44 bits per heavy atom. The first-order valence-corrected chi connectivity index (χ1v) is 5.78. The monoisotopic (exact) mass is 261 g/mol. The first-order chi connectivity index (χ1) is 8.61. The van der Waals surface area contributed by atoms with Crippen LogP contribution < -0.4 is 5.32 Å². The van der Waals surface area contributed by atoms with E-state index in [0.717, 1.165) is 17.3 Å². The van der Waals surface area contributed by atoms with Gasteiger partial charge in [-0.3, -0.25) is 0 Å². The Hall–Kier alpha value is -2.06. The van der Waals surface area contributed by atoms with Crippen molar-refractivity contribution in [2.24, 2.45) is 7.05 Å². The van der Waals surface area contributed by atoms with Crippen molar-refractivity contribution in [2.75, 3.05) is 5.32 Å². The summed E-state index contributed by atoms with van der Waals surface area (Å²) in [6.45, 7) is 2.39. The van der Waals surface area contributed by atoms with Gasteiger partial charge in [0.15, 0.2) is 5.82 Å². The molecule has 0 aliphatic heterocycles. The van der Waals surface area contributed by atoms with Crippen molar-refractivity contribution in [3.63, 3.8) is 0 Å². The molecule has 2 aromatic rings. The summed E-state index contributed by atoms with van der Waals surface area (Å²) >= 11 is 6.05. The molecule has 92 valence electrons. The molecule has 0 unspecified atom stereocenters. The normalized spacial score (nSPS) is 10.1. The third-order valence-corrected chi connectivity index (χ3v) is 3.04. The van der Waals surface area contributed by atoms with Crippen molar-refractivity contribution in [1.29, 1.82) is 5.26 Å². The minimum absolute atomic E-state index is 0.506. The molecule has 6 heteroatoms. The summed E-state index contributed by atoms with van der Waals surface area (Å²) in [4.78, 5) is 0. The van der Waals surface area contributed by atoms with Gasteiger partial charge in [0.25, 0.3) is 0 Å². The van der Waals surface area contributed by atoms with Crippen molar-refractivity contribution < 1.29 is 0 Å². The fraction of sp³-hybridized carbons (Fsp3) is 0.250. The Labute approximate surface area is 110 Å². The molecule has 0 bridgehead atoms. The van der Waals surface area contributed by atoms with Crippen molar-refractivity contribution in [1.82, 2.24) is 14.8 Å². The number of nitriles is 1. The van der Waals surface area contributed by atoms with Crippen LogP contribution >= 0.6 is 11.6 Å². The Morgan fingerprint density at radius 2 is 2.22 bits per heavy atom. The molecule has 1 aromatic heterocycles. The summed E-state index contributed by atoms with van der Waals surface area (Å²) in [5.41, 5.74) is 1.28. The standard InChI is InChI=1S/C12H12ClN5/c1-8-16-17-12(18(8)2)7-15-11-5-9(6-14)3-4-10(11)13/h3-5,15H,7H2,1-2H3. The van der Waals surface area contributed by atoms with Crippen LogP contribution in [0.15, 0.2) is 18.2 Å². The predicted octanol–water partition coefficient (Wildman–Crippen LogP) is 2.26. The van der Waals surface area contributed by atoms with E-state index in [4.69, 9.17) is 16.9 Å². The number of nitrogens with zero attached hydrogens (tertiary/aromatic N) is 4. The van der Waals surface area contributed by atoms with Crippen molar-refractivity contribution >= 4 is 17.3 Å². The Morgan fingerprint density at radius 3 is 2.83 bits per heavy atom. The number of rotatable bonds is 3. The van der Waals surface area contributed by atoms with Crippen LogP contribution in [-0.4, -0.2) is 14.8 Å². The number of aromatic nitrogens is 3. The number of benzene rings is 1. The topological polar surface area (TPSA) is 66.5 Å². The van der Waals surface area contributed by atoms with Gasteiger partial charge in [0.1, 0.15) is 5.82 Å². The van der Waals surface area contributed by atoms with Crippen LogP contribution in [0.4, 0.5) is 5.69 Å². The minimum atomic E-state index is 0.506. The van der Waals surface area contributed by atoms with Crippen molar-refractivity contribution in [3.05, 3.63) is 40.4 Å². The molecule has 1 aromatic carbocycles. The van der Waals surface area contributed by atoms with Crippen LogP contribution in [0.2, 0.25) is 5.02 Å². The smallest absolute Gasteiger partial charge is 0.152 e. The highest BCUT2D eigenvalue weighted by atomic mass is 35.5. The number of nitrogens with one attached hydrogen (secondary N) is 1. The van der Waals surface area contributed by atoms with Gasteiger partial charge in [-0.15, -0.1) is 10.2 Å². The van der Waals surface area contributed by atoms with Crippen molar-refractivity contribution in [2.45, 2.75) is 13.5 Å². The van der Waals surface area contributed by atoms with E-state index in [-0.39, 0.29) is 0 Å². The van der Waals surface area contributed by atoms with E-state index in [1.165, 1.54) is 0 Å². The Balaban J connectivity index is 2.15. The summed E-state index contributed by atoms with van der Waals surface area (Å²) in [6, 6.07) is 7.17. The number of anilines is 1. The van der Waals surface area contributed by atoms with E-state index in [9.17, 15) is 0 Å². The second kappa shape index (κ2) is 5.07. The molecule has 1 N–H and O–H groups in total. The largest absolute Gasteiger partial charge is 0.376 e. The maximum absolute atomic E-state index is 8.84. The average molecular weight is 262 g/mol. The fourth-order valence-corrected chi connectivity index (χ4v) is 1.69. The van der Waals surface area contributed by atoms with Gasteiger partial charge in [0, 0.05) is 7.05 Å². The molecule has 0 aliphatic carbocycles. The van der Waals surface area contributed by atoms with Crippen LogP contribution in [0.25, 0.3) is 0 Å². The number of halogens is 1. The van der Waals surface area contributed by atoms with Crippen molar-refractivity contribution in [3.8, 4) is 6.07 Å². The maximum Gasteiger partial charge on any atom is 0.152 e. The first-order valence-electron chi connectivity index (χ1n) is 5.40. The van der Waals surface area contributed by atoms with E-state index in [1.807, 2.05) is 18.5 Å². The van der Waals surface area contributed by atoms with E-state index in [2.05, 4.69) is 21.6 Å². The maximum atomic E-state index is 8.84. The van der Waals surface area contributed by atoms with E-state index in [1.54, 1.807) is 18.2 Å². The molecule has 0 spiro atoms. The number of hydrogen-bond donors (Lipinski definition) is 1. The molecule has 2 rings (SSSR count). The zero-order valence-corrected chi connectivity index (χ0v) is 10.9. The summed E-state index contributed by atoms with van der Waals surface area (Å²) in [5, 5.41) is 20.6. The number of aryl methyl sites for hydroxylation is 1. The van der Waals surface area contributed by atoms with Crippen LogP contribution in [0.1, 0.15) is 17.2 Å². The lowest BCUT2D eigenvalue weighted by Crippen LogP contribution is -2.07. The quantitative estimate of drug-likeness (QED) is 0.920. The second-order valence-corrected chi connectivity index (χ2v) is 4.29. The first kappa shape index (κ1) is 12.4. The highest BCUT2D eigenvalue weighted by Crippen LogP contribution is 2.23. The molecular weight excluding hydrogens is 250 g/mol. The Kier molecular flexibility index (Phi) is 3.49. The highest BCUT2D eigenvalue weighted by molar-refractivity contribution is 6.33. The van der Waals surface area contributed by atoms with Crippen LogP contribution in [0.3, 0.4) is 0 Å². The predicted molar refractivity (Wildman–Crippen MR) is 69.2 cm³/mol. The van der Waals surface area contributed by atoms with Gasteiger partial charge >= 0.3 is 0 Å². The fourth-order valence-electron chi connectivity index (χ4n) is 1.51. The average Bonchev–Trinajstić information content (AvgIpc) is 2.69. The second-order valence-electron chi connectivity index (χ2n) is 3.88.